The topological polar surface area (TPSA) is 38.7 Å². The normalized spacial score (nSPS) is 42.2. The molecule has 0 aromatic heterocycles. The zero-order chi connectivity index (χ0) is 16.7. The molecule has 2 aliphatic carbocycles. The molecule has 0 aromatic carbocycles. The number of ether oxygens (including phenoxy) is 1. The lowest BCUT2D eigenvalue weighted by atomic mass is 9.62. The zero-order valence-corrected chi connectivity index (χ0v) is 14.9. The highest BCUT2D eigenvalue weighted by Gasteiger charge is 2.48. The minimum atomic E-state index is -0.0708. The van der Waals surface area contributed by atoms with Gasteiger partial charge in [-0.2, -0.15) is 0 Å². The Morgan fingerprint density at radius 3 is 2.83 bits per heavy atom. The third kappa shape index (κ3) is 2.87. The molecule has 0 spiro atoms. The lowest BCUT2D eigenvalue weighted by molar-refractivity contribution is -0.138. The SMILES string of the molecule is CC1CCCC(/C=C/[C@@H]2[C@H]3CCCC[C@@H]3C=C3C(=O)O[C@@H](C)[C@@H]32)=N1. The van der Waals surface area contributed by atoms with Gasteiger partial charge in [0, 0.05) is 23.2 Å². The molecular formula is C21H29NO2. The first kappa shape index (κ1) is 16.1. The lowest BCUT2D eigenvalue weighted by Gasteiger charge is -2.41. The van der Waals surface area contributed by atoms with Gasteiger partial charge in [0.25, 0.3) is 0 Å². The van der Waals surface area contributed by atoms with Crippen LogP contribution in [0.5, 0.6) is 0 Å². The Kier molecular flexibility index (Phi) is 4.36. The number of hydrogen-bond acceptors (Lipinski definition) is 3. The summed E-state index contributed by atoms with van der Waals surface area (Å²) in [6.45, 7) is 4.27. The van der Waals surface area contributed by atoms with Crippen molar-refractivity contribution in [3.8, 4) is 0 Å². The number of cyclic esters (lactones) is 1. The number of fused-ring (bicyclic) bond motifs is 2. The van der Waals surface area contributed by atoms with Crippen LogP contribution in [0.2, 0.25) is 0 Å². The Labute approximate surface area is 145 Å². The highest BCUT2D eigenvalue weighted by molar-refractivity contribution is 5.95. The Morgan fingerprint density at radius 2 is 2.00 bits per heavy atom. The molecule has 1 saturated heterocycles. The maximum absolute atomic E-state index is 12.2. The zero-order valence-electron chi connectivity index (χ0n) is 14.9. The first-order valence-electron chi connectivity index (χ1n) is 9.81. The molecule has 130 valence electrons. The molecule has 3 heteroatoms. The molecule has 1 unspecified atom stereocenters. The molecule has 24 heavy (non-hydrogen) atoms. The third-order valence-corrected chi connectivity index (χ3v) is 6.52. The largest absolute Gasteiger partial charge is 0.459 e. The number of aliphatic imine (C=N–C) groups is 1. The highest BCUT2D eigenvalue weighted by Crippen LogP contribution is 2.50. The first-order chi connectivity index (χ1) is 11.6. The summed E-state index contributed by atoms with van der Waals surface area (Å²) in [5.41, 5.74) is 2.20. The molecule has 2 heterocycles. The second-order valence-corrected chi connectivity index (χ2v) is 8.17. The van der Waals surface area contributed by atoms with Crippen molar-refractivity contribution < 1.29 is 9.53 Å². The van der Waals surface area contributed by atoms with Crippen molar-refractivity contribution in [2.45, 2.75) is 70.9 Å². The monoisotopic (exact) mass is 327 g/mol. The van der Waals surface area contributed by atoms with Crippen LogP contribution >= 0.6 is 0 Å². The molecular weight excluding hydrogens is 298 g/mol. The summed E-state index contributed by atoms with van der Waals surface area (Å²) < 4.78 is 5.58. The van der Waals surface area contributed by atoms with E-state index in [0.717, 1.165) is 12.0 Å². The molecule has 0 amide bonds. The van der Waals surface area contributed by atoms with Gasteiger partial charge in [-0.05, 0) is 69.8 Å². The molecule has 6 atom stereocenters. The van der Waals surface area contributed by atoms with E-state index < -0.39 is 0 Å². The maximum Gasteiger partial charge on any atom is 0.334 e. The molecule has 0 N–H and O–H groups in total. The number of carbonyl (C=O) groups excluding carboxylic acids is 1. The Hall–Kier alpha value is -1.38. The van der Waals surface area contributed by atoms with E-state index in [0.29, 0.717) is 23.8 Å². The number of esters is 1. The first-order valence-corrected chi connectivity index (χ1v) is 9.81. The quantitative estimate of drug-likeness (QED) is 0.701. The van der Waals surface area contributed by atoms with Gasteiger partial charge in [0.15, 0.2) is 0 Å². The number of carbonyl (C=O) groups is 1. The number of allylic oxidation sites excluding steroid dienone is 3. The molecule has 0 aromatic rings. The second kappa shape index (κ2) is 6.50. The molecule has 4 aliphatic rings. The van der Waals surface area contributed by atoms with Gasteiger partial charge < -0.3 is 4.74 Å². The minimum absolute atomic E-state index is 0.00787. The van der Waals surface area contributed by atoms with E-state index in [4.69, 9.17) is 9.73 Å². The van der Waals surface area contributed by atoms with Gasteiger partial charge in [0.1, 0.15) is 6.10 Å². The van der Waals surface area contributed by atoms with Gasteiger partial charge in [-0.15, -0.1) is 0 Å². The number of rotatable bonds is 2. The van der Waals surface area contributed by atoms with Crippen molar-refractivity contribution in [2.24, 2.45) is 28.7 Å². The van der Waals surface area contributed by atoms with Crippen LogP contribution in [0.25, 0.3) is 0 Å². The standard InChI is InChI=1S/C21H29NO2/c1-13-6-5-8-16(22-13)10-11-18-17-9-4-3-7-15(17)12-19-20(18)14(2)24-21(19)23/h10-15,17-18,20H,3-9H2,1-2H3/b11-10+/t13?,14-,15+,17-,18+,20+/m0/s1. The van der Waals surface area contributed by atoms with Gasteiger partial charge in [0.2, 0.25) is 0 Å². The lowest BCUT2D eigenvalue weighted by Crippen LogP contribution is -2.37. The summed E-state index contributed by atoms with van der Waals surface area (Å²) in [5.74, 6) is 1.83. The maximum atomic E-state index is 12.2. The van der Waals surface area contributed by atoms with E-state index in [9.17, 15) is 4.79 Å². The molecule has 3 nitrogen and oxygen atoms in total. The summed E-state index contributed by atoms with van der Waals surface area (Å²) in [5, 5.41) is 0. The Morgan fingerprint density at radius 1 is 1.17 bits per heavy atom. The van der Waals surface area contributed by atoms with Gasteiger partial charge >= 0.3 is 5.97 Å². The Balaban J connectivity index is 1.64. The summed E-state index contributed by atoms with van der Waals surface area (Å²) in [4.78, 5) is 17.1. The van der Waals surface area contributed by atoms with Gasteiger partial charge in [-0.1, -0.05) is 25.0 Å². The van der Waals surface area contributed by atoms with E-state index in [2.05, 4.69) is 32.1 Å². The van der Waals surface area contributed by atoms with Crippen molar-refractivity contribution in [3.05, 3.63) is 23.8 Å². The predicted octanol–water partition coefficient (Wildman–Crippen LogP) is 4.48. The van der Waals surface area contributed by atoms with Crippen molar-refractivity contribution in [1.29, 1.82) is 0 Å². The van der Waals surface area contributed by atoms with Crippen LogP contribution in [0.4, 0.5) is 0 Å². The van der Waals surface area contributed by atoms with Crippen molar-refractivity contribution in [1.82, 2.24) is 0 Å². The fraction of sp³-hybridized carbons (Fsp3) is 0.714. The van der Waals surface area contributed by atoms with Crippen LogP contribution in [-0.4, -0.2) is 23.8 Å². The molecule has 2 aliphatic heterocycles. The van der Waals surface area contributed by atoms with Crippen molar-refractivity contribution in [3.63, 3.8) is 0 Å². The van der Waals surface area contributed by atoms with E-state index in [1.807, 2.05) is 0 Å². The molecule has 0 radical (unpaired) electrons. The summed E-state index contributed by atoms with van der Waals surface area (Å²) in [6.07, 6.45) is 15.6. The van der Waals surface area contributed by atoms with Crippen LogP contribution in [0.3, 0.4) is 0 Å². The summed E-state index contributed by atoms with van der Waals surface area (Å²) >= 11 is 0. The average molecular weight is 327 g/mol. The van der Waals surface area contributed by atoms with Crippen LogP contribution in [0.15, 0.2) is 28.8 Å². The van der Waals surface area contributed by atoms with E-state index in [-0.39, 0.29) is 18.0 Å². The highest BCUT2D eigenvalue weighted by atomic mass is 16.5. The Bertz CT molecular complexity index is 603. The molecule has 1 saturated carbocycles. The van der Waals surface area contributed by atoms with Gasteiger partial charge in [-0.25, -0.2) is 4.79 Å². The predicted molar refractivity (Wildman–Crippen MR) is 96.0 cm³/mol. The second-order valence-electron chi connectivity index (χ2n) is 8.17. The van der Waals surface area contributed by atoms with Gasteiger partial charge in [-0.3, -0.25) is 4.99 Å². The van der Waals surface area contributed by atoms with Crippen molar-refractivity contribution >= 4 is 11.7 Å². The van der Waals surface area contributed by atoms with E-state index in [1.54, 1.807) is 0 Å². The van der Waals surface area contributed by atoms with E-state index in [1.165, 1.54) is 44.2 Å². The average Bonchev–Trinajstić information content (AvgIpc) is 2.86. The van der Waals surface area contributed by atoms with E-state index >= 15 is 0 Å². The van der Waals surface area contributed by atoms with Crippen LogP contribution in [0.1, 0.15) is 58.8 Å². The molecule has 4 rings (SSSR count). The van der Waals surface area contributed by atoms with Crippen LogP contribution < -0.4 is 0 Å². The van der Waals surface area contributed by atoms with Gasteiger partial charge in [0.05, 0.1) is 0 Å². The molecule has 2 fully saturated rings. The van der Waals surface area contributed by atoms with Crippen LogP contribution in [0, 0.1) is 23.7 Å². The van der Waals surface area contributed by atoms with Crippen LogP contribution in [-0.2, 0) is 9.53 Å². The summed E-state index contributed by atoms with van der Waals surface area (Å²) in [7, 11) is 0. The number of hydrogen-bond donors (Lipinski definition) is 0. The number of nitrogens with zero attached hydrogens (tertiary/aromatic N) is 1. The molecule has 0 bridgehead atoms. The summed E-state index contributed by atoms with van der Waals surface area (Å²) in [6, 6.07) is 0.456. The fourth-order valence-electron chi connectivity index (χ4n) is 5.37. The van der Waals surface area contributed by atoms with Crippen molar-refractivity contribution in [2.75, 3.05) is 0 Å². The fourth-order valence-corrected chi connectivity index (χ4v) is 5.37. The smallest absolute Gasteiger partial charge is 0.334 e. The minimum Gasteiger partial charge on any atom is -0.459 e. The third-order valence-electron chi connectivity index (χ3n) is 6.52.